The normalized spacial score (nSPS) is 15.6. The number of nitrogens with one attached hydrogen (secondary N) is 1. The first-order valence-corrected chi connectivity index (χ1v) is 5.93. The number of ether oxygens (including phenoxy) is 1. The lowest BCUT2D eigenvalue weighted by Gasteiger charge is -2.25. The van der Waals surface area contributed by atoms with Crippen molar-refractivity contribution in [3.05, 3.63) is 29.6 Å². The van der Waals surface area contributed by atoms with Crippen LogP contribution < -0.4 is 10.1 Å². The van der Waals surface area contributed by atoms with Crippen molar-refractivity contribution in [1.82, 2.24) is 5.32 Å². The van der Waals surface area contributed by atoms with E-state index in [4.69, 9.17) is 10.00 Å². The minimum atomic E-state index is -0.618. The first kappa shape index (κ1) is 14.5. The lowest BCUT2D eigenvalue weighted by molar-refractivity contribution is 0.181. The van der Waals surface area contributed by atoms with Crippen molar-refractivity contribution in [2.24, 2.45) is 0 Å². The molecule has 0 aliphatic carbocycles. The molecule has 0 aliphatic rings. The fraction of sp³-hybridized carbons (Fsp3) is 0.500. The van der Waals surface area contributed by atoms with E-state index in [0.29, 0.717) is 12.2 Å². The second-order valence-electron chi connectivity index (χ2n) is 4.74. The predicted molar refractivity (Wildman–Crippen MR) is 68.9 cm³/mol. The van der Waals surface area contributed by atoms with Crippen molar-refractivity contribution < 1.29 is 9.13 Å². The second kappa shape index (κ2) is 5.83. The van der Waals surface area contributed by atoms with E-state index in [1.54, 1.807) is 20.0 Å². The van der Waals surface area contributed by atoms with E-state index in [0.717, 1.165) is 5.56 Å². The van der Waals surface area contributed by atoms with Crippen molar-refractivity contribution in [3.63, 3.8) is 0 Å². The van der Waals surface area contributed by atoms with Crippen LogP contribution in [0.25, 0.3) is 0 Å². The number of rotatable bonds is 5. The van der Waals surface area contributed by atoms with Gasteiger partial charge in [0.2, 0.25) is 0 Å². The molecule has 1 aromatic rings. The van der Waals surface area contributed by atoms with E-state index < -0.39 is 5.54 Å². The molecule has 1 N–H and O–H groups in total. The van der Waals surface area contributed by atoms with E-state index in [-0.39, 0.29) is 11.9 Å². The molecular weight excluding hydrogens is 231 g/mol. The number of nitrogens with zero attached hydrogens (tertiary/aromatic N) is 1. The summed E-state index contributed by atoms with van der Waals surface area (Å²) in [4.78, 5) is 0. The molecule has 0 fully saturated rings. The molecule has 1 rings (SSSR count). The Morgan fingerprint density at radius 2 is 2.22 bits per heavy atom. The van der Waals surface area contributed by atoms with Gasteiger partial charge in [0.1, 0.15) is 17.1 Å². The average molecular weight is 250 g/mol. The van der Waals surface area contributed by atoms with Crippen LogP contribution in [-0.4, -0.2) is 18.7 Å². The summed E-state index contributed by atoms with van der Waals surface area (Å²) in [6.07, 6.45) is 0.419. The number of benzene rings is 1. The molecule has 18 heavy (non-hydrogen) atoms. The number of hydrogen-bond donors (Lipinski definition) is 1. The number of halogens is 1. The predicted octanol–water partition coefficient (Wildman–Crippen LogP) is 2.79. The lowest BCUT2D eigenvalue weighted by atomic mass is 9.97. The van der Waals surface area contributed by atoms with Crippen molar-refractivity contribution in [2.45, 2.75) is 38.8 Å². The molecule has 0 heterocycles. The van der Waals surface area contributed by atoms with Crippen molar-refractivity contribution in [2.75, 3.05) is 7.05 Å². The van der Waals surface area contributed by atoms with Crippen LogP contribution >= 0.6 is 0 Å². The molecule has 1 aromatic carbocycles. The zero-order valence-corrected chi connectivity index (χ0v) is 11.2. The zero-order valence-electron chi connectivity index (χ0n) is 11.2. The summed E-state index contributed by atoms with van der Waals surface area (Å²) in [6, 6.07) is 6.64. The van der Waals surface area contributed by atoms with Gasteiger partial charge in [0.15, 0.2) is 0 Å². The summed E-state index contributed by atoms with van der Waals surface area (Å²) in [6.45, 7) is 5.52. The molecule has 0 bridgehead atoms. The minimum absolute atomic E-state index is 0.133. The van der Waals surface area contributed by atoms with Gasteiger partial charge in [-0.15, -0.1) is 0 Å². The Hall–Kier alpha value is -1.60. The SMILES string of the molecule is CNC(C)(C#N)CC(C)Oc1ccc(F)cc1C. The van der Waals surface area contributed by atoms with Gasteiger partial charge < -0.3 is 10.1 Å². The molecule has 3 nitrogen and oxygen atoms in total. The molecule has 2 unspecified atom stereocenters. The summed E-state index contributed by atoms with van der Waals surface area (Å²) in [5.41, 5.74) is 0.137. The molecule has 0 saturated heterocycles. The fourth-order valence-corrected chi connectivity index (χ4v) is 1.78. The third-order valence-electron chi connectivity index (χ3n) is 2.96. The summed E-state index contributed by atoms with van der Waals surface area (Å²) in [7, 11) is 1.75. The first-order chi connectivity index (χ1) is 8.40. The highest BCUT2D eigenvalue weighted by Gasteiger charge is 2.25. The molecule has 0 amide bonds. The molecule has 0 spiro atoms. The monoisotopic (exact) mass is 250 g/mol. The summed E-state index contributed by atoms with van der Waals surface area (Å²) >= 11 is 0. The quantitative estimate of drug-likeness (QED) is 0.874. The number of hydrogen-bond acceptors (Lipinski definition) is 3. The summed E-state index contributed by atoms with van der Waals surface area (Å²) in [5, 5.41) is 12.0. The van der Waals surface area contributed by atoms with E-state index in [2.05, 4.69) is 11.4 Å². The summed E-state index contributed by atoms with van der Waals surface area (Å²) in [5.74, 6) is 0.380. The van der Waals surface area contributed by atoms with Crippen LogP contribution in [-0.2, 0) is 0 Å². The summed E-state index contributed by atoms with van der Waals surface area (Å²) < 4.78 is 18.7. The highest BCUT2D eigenvalue weighted by Crippen LogP contribution is 2.22. The Balaban J connectivity index is 2.71. The molecule has 0 radical (unpaired) electrons. The van der Waals surface area contributed by atoms with Gasteiger partial charge in [-0.3, -0.25) is 0 Å². The van der Waals surface area contributed by atoms with Gasteiger partial charge in [-0.25, -0.2) is 4.39 Å². The Morgan fingerprint density at radius 3 is 2.72 bits per heavy atom. The third-order valence-corrected chi connectivity index (χ3v) is 2.96. The molecule has 0 aromatic heterocycles. The Bertz CT molecular complexity index is 456. The van der Waals surface area contributed by atoms with E-state index in [1.807, 2.05) is 13.8 Å². The van der Waals surface area contributed by atoms with Gasteiger partial charge in [0, 0.05) is 6.42 Å². The maximum atomic E-state index is 13.0. The largest absolute Gasteiger partial charge is 0.490 e. The van der Waals surface area contributed by atoms with Gasteiger partial charge in [0.25, 0.3) is 0 Å². The van der Waals surface area contributed by atoms with Crippen LogP contribution in [0.3, 0.4) is 0 Å². The van der Waals surface area contributed by atoms with E-state index >= 15 is 0 Å². The smallest absolute Gasteiger partial charge is 0.123 e. The van der Waals surface area contributed by atoms with Gasteiger partial charge >= 0.3 is 0 Å². The Labute approximate surface area is 108 Å². The second-order valence-corrected chi connectivity index (χ2v) is 4.74. The molecule has 2 atom stereocenters. The first-order valence-electron chi connectivity index (χ1n) is 5.93. The highest BCUT2D eigenvalue weighted by molar-refractivity contribution is 5.32. The van der Waals surface area contributed by atoms with Crippen molar-refractivity contribution in [3.8, 4) is 11.8 Å². The van der Waals surface area contributed by atoms with Gasteiger partial charge in [-0.2, -0.15) is 5.26 Å². The minimum Gasteiger partial charge on any atom is -0.490 e. The fourth-order valence-electron chi connectivity index (χ4n) is 1.78. The standard InChI is InChI=1S/C14H19FN2O/c1-10-7-12(15)5-6-13(10)18-11(2)8-14(3,9-16)17-4/h5-7,11,17H,8H2,1-4H3. The maximum Gasteiger partial charge on any atom is 0.123 e. The Kier molecular flexibility index (Phi) is 4.69. The Morgan fingerprint density at radius 1 is 1.56 bits per heavy atom. The van der Waals surface area contributed by atoms with Gasteiger partial charge in [-0.05, 0) is 51.6 Å². The van der Waals surface area contributed by atoms with Crippen LogP contribution in [0.4, 0.5) is 4.39 Å². The van der Waals surface area contributed by atoms with Crippen molar-refractivity contribution in [1.29, 1.82) is 5.26 Å². The molecule has 98 valence electrons. The van der Waals surface area contributed by atoms with Crippen LogP contribution in [0.15, 0.2) is 18.2 Å². The number of aryl methyl sites for hydroxylation is 1. The lowest BCUT2D eigenvalue weighted by Crippen LogP contribution is -2.41. The highest BCUT2D eigenvalue weighted by atomic mass is 19.1. The molecule has 4 heteroatoms. The van der Waals surface area contributed by atoms with E-state index in [1.165, 1.54) is 12.1 Å². The van der Waals surface area contributed by atoms with E-state index in [9.17, 15) is 4.39 Å². The zero-order chi connectivity index (χ0) is 13.8. The van der Waals surface area contributed by atoms with Gasteiger partial charge in [0.05, 0.1) is 12.2 Å². The van der Waals surface area contributed by atoms with Crippen molar-refractivity contribution >= 4 is 0 Å². The molecule has 0 aliphatic heterocycles. The maximum absolute atomic E-state index is 13.0. The van der Waals surface area contributed by atoms with Gasteiger partial charge in [-0.1, -0.05) is 0 Å². The molecule has 0 saturated carbocycles. The van der Waals surface area contributed by atoms with Crippen LogP contribution in [0.1, 0.15) is 25.8 Å². The topological polar surface area (TPSA) is 45.0 Å². The van der Waals surface area contributed by atoms with Crippen LogP contribution in [0, 0.1) is 24.1 Å². The van der Waals surface area contributed by atoms with Crippen LogP contribution in [0.5, 0.6) is 5.75 Å². The average Bonchev–Trinajstić information content (AvgIpc) is 2.32. The third kappa shape index (κ3) is 3.71. The molecular formula is C14H19FN2O. The number of nitriles is 1. The van der Waals surface area contributed by atoms with Crippen LogP contribution in [0.2, 0.25) is 0 Å².